The van der Waals surface area contributed by atoms with Gasteiger partial charge < -0.3 is 14.6 Å². The van der Waals surface area contributed by atoms with E-state index in [2.05, 4.69) is 45.9 Å². The van der Waals surface area contributed by atoms with Crippen LogP contribution in [0.3, 0.4) is 0 Å². The zero-order chi connectivity index (χ0) is 20.3. The number of cyclic esters (lactones) is 1. The van der Waals surface area contributed by atoms with E-state index in [4.69, 9.17) is 9.47 Å². The van der Waals surface area contributed by atoms with Crippen molar-refractivity contribution in [1.82, 2.24) is 0 Å². The fourth-order valence-electron chi connectivity index (χ4n) is 5.07. The van der Waals surface area contributed by atoms with Crippen molar-refractivity contribution in [3.63, 3.8) is 0 Å². The van der Waals surface area contributed by atoms with E-state index in [9.17, 15) is 9.90 Å². The summed E-state index contributed by atoms with van der Waals surface area (Å²) in [5.74, 6) is 2.32. The minimum Gasteiger partial charge on any atom is -0.462 e. The molecule has 0 saturated carbocycles. The number of allylic oxidation sites excluding steroid dienone is 3. The van der Waals surface area contributed by atoms with Gasteiger partial charge in [-0.3, -0.25) is 4.79 Å². The Morgan fingerprint density at radius 2 is 2.07 bits per heavy atom. The third-order valence-electron chi connectivity index (χ3n) is 6.99. The van der Waals surface area contributed by atoms with Crippen LogP contribution in [0.2, 0.25) is 0 Å². The van der Waals surface area contributed by atoms with Crippen LogP contribution in [0.25, 0.3) is 0 Å². The molecule has 2 aliphatic carbocycles. The molecule has 1 N–H and O–H groups in total. The van der Waals surface area contributed by atoms with Gasteiger partial charge in [0.05, 0.1) is 18.6 Å². The zero-order valence-electron chi connectivity index (χ0n) is 18.0. The molecule has 1 heterocycles. The Labute approximate surface area is 170 Å². The normalized spacial score (nSPS) is 39.1. The predicted octanol–water partition coefficient (Wildman–Crippen LogP) is 4.67. The number of rotatable bonds is 7. The number of hydrogen-bond acceptors (Lipinski definition) is 4. The Balaban J connectivity index is 1.63. The van der Waals surface area contributed by atoms with Crippen molar-refractivity contribution in [1.29, 1.82) is 0 Å². The molecule has 158 valence electrons. The summed E-state index contributed by atoms with van der Waals surface area (Å²) in [6, 6.07) is 0. The van der Waals surface area contributed by atoms with Crippen LogP contribution in [0.4, 0.5) is 0 Å². The Morgan fingerprint density at radius 3 is 2.79 bits per heavy atom. The number of aliphatic hydroxyl groups is 1. The molecule has 4 heteroatoms. The zero-order valence-corrected chi connectivity index (χ0v) is 18.0. The number of fused-ring (bicyclic) bond motifs is 1. The highest BCUT2D eigenvalue weighted by molar-refractivity contribution is 5.70. The molecular weight excluding hydrogens is 352 g/mol. The molecular formula is C24H38O4. The third kappa shape index (κ3) is 5.27. The van der Waals surface area contributed by atoms with Gasteiger partial charge in [0.1, 0.15) is 6.10 Å². The second kappa shape index (κ2) is 9.58. The van der Waals surface area contributed by atoms with E-state index in [1.54, 1.807) is 0 Å². The van der Waals surface area contributed by atoms with Crippen molar-refractivity contribution < 1.29 is 19.4 Å². The van der Waals surface area contributed by atoms with Crippen molar-refractivity contribution >= 4 is 5.97 Å². The van der Waals surface area contributed by atoms with Crippen molar-refractivity contribution in [2.24, 2.45) is 29.6 Å². The highest BCUT2D eigenvalue weighted by atomic mass is 16.5. The van der Waals surface area contributed by atoms with Crippen molar-refractivity contribution in [3.8, 4) is 0 Å². The quantitative estimate of drug-likeness (QED) is 0.642. The average Bonchev–Trinajstić information content (AvgIpc) is 2.64. The molecule has 1 fully saturated rings. The summed E-state index contributed by atoms with van der Waals surface area (Å²) in [5.41, 5.74) is 1.44. The number of hydrogen-bond donors (Lipinski definition) is 1. The van der Waals surface area contributed by atoms with Crippen molar-refractivity contribution in [3.05, 3.63) is 23.8 Å². The van der Waals surface area contributed by atoms with Crippen LogP contribution >= 0.6 is 0 Å². The van der Waals surface area contributed by atoms with Gasteiger partial charge in [0, 0.05) is 18.9 Å². The van der Waals surface area contributed by atoms with Crippen molar-refractivity contribution in [2.45, 2.75) is 84.5 Å². The molecule has 0 spiro atoms. The molecule has 3 rings (SSSR count). The first kappa shape index (κ1) is 21.6. The molecule has 1 aliphatic heterocycles. The van der Waals surface area contributed by atoms with Gasteiger partial charge in [0.25, 0.3) is 0 Å². The molecule has 0 bridgehead atoms. The van der Waals surface area contributed by atoms with Crippen LogP contribution in [0.5, 0.6) is 0 Å². The van der Waals surface area contributed by atoms with Crippen LogP contribution in [0, 0.1) is 29.6 Å². The Hall–Kier alpha value is -1.13. The third-order valence-corrected chi connectivity index (χ3v) is 6.99. The lowest BCUT2D eigenvalue weighted by molar-refractivity contribution is -0.160. The minimum absolute atomic E-state index is 0.139. The molecule has 4 nitrogen and oxygen atoms in total. The second-order valence-electron chi connectivity index (χ2n) is 9.46. The fraction of sp³-hybridized carbons (Fsp3) is 0.792. The fourth-order valence-corrected chi connectivity index (χ4v) is 5.07. The van der Waals surface area contributed by atoms with Gasteiger partial charge >= 0.3 is 5.97 Å². The Bertz CT molecular complexity index is 595. The maximum Gasteiger partial charge on any atom is 0.308 e. The summed E-state index contributed by atoms with van der Waals surface area (Å²) in [6.07, 6.45) is 11.5. The summed E-state index contributed by atoms with van der Waals surface area (Å²) >= 11 is 0. The molecule has 8 atom stereocenters. The summed E-state index contributed by atoms with van der Waals surface area (Å²) < 4.78 is 11.9. The minimum atomic E-state index is -0.543. The SMILES string of the molecule is CCC(C)COC1CC(C)C=C2C=CC(CCC3CC(O)CC(=O)O3)C(C)[C@H]21. The maximum atomic E-state index is 11.6. The van der Waals surface area contributed by atoms with Gasteiger partial charge in [0.15, 0.2) is 0 Å². The standard InChI is InChI=1S/C24H38O4/c1-5-15(2)14-27-22-11-16(3)10-19-7-6-18(17(4)24(19)22)8-9-21-12-20(25)13-23(26)28-21/h6-7,10,15-18,20-22,24-25H,5,8-9,11-14H2,1-4H3/t15?,16?,17?,18?,20?,21?,22?,24-/m1/s1. The van der Waals surface area contributed by atoms with Gasteiger partial charge in [0.2, 0.25) is 0 Å². The predicted molar refractivity (Wildman–Crippen MR) is 111 cm³/mol. The van der Waals surface area contributed by atoms with E-state index >= 15 is 0 Å². The van der Waals surface area contributed by atoms with E-state index in [0.29, 0.717) is 42.1 Å². The van der Waals surface area contributed by atoms with E-state index in [1.165, 1.54) is 5.57 Å². The summed E-state index contributed by atoms with van der Waals surface area (Å²) in [4.78, 5) is 11.6. The Morgan fingerprint density at radius 1 is 1.29 bits per heavy atom. The largest absolute Gasteiger partial charge is 0.462 e. The van der Waals surface area contributed by atoms with E-state index in [-0.39, 0.29) is 18.5 Å². The summed E-state index contributed by atoms with van der Waals surface area (Å²) in [6.45, 7) is 9.96. The molecule has 0 aromatic rings. The molecule has 7 unspecified atom stereocenters. The lowest BCUT2D eigenvalue weighted by Crippen LogP contribution is -2.40. The number of aliphatic hydroxyl groups excluding tert-OH is 1. The first-order valence-electron chi connectivity index (χ1n) is 11.3. The topological polar surface area (TPSA) is 55.8 Å². The van der Waals surface area contributed by atoms with Gasteiger partial charge in [-0.2, -0.15) is 0 Å². The van der Waals surface area contributed by atoms with E-state index < -0.39 is 6.10 Å². The lowest BCUT2D eigenvalue weighted by Gasteiger charge is -2.43. The maximum absolute atomic E-state index is 11.6. The first-order valence-corrected chi connectivity index (χ1v) is 11.3. The van der Waals surface area contributed by atoms with E-state index in [0.717, 1.165) is 32.3 Å². The van der Waals surface area contributed by atoms with Gasteiger partial charge in [-0.05, 0) is 48.5 Å². The Kier molecular flexibility index (Phi) is 7.38. The number of carbonyl (C=O) groups excluding carboxylic acids is 1. The number of ether oxygens (including phenoxy) is 2. The first-order chi connectivity index (χ1) is 13.4. The van der Waals surface area contributed by atoms with Crippen LogP contribution in [-0.2, 0) is 14.3 Å². The second-order valence-corrected chi connectivity index (χ2v) is 9.46. The molecule has 0 amide bonds. The molecule has 1 saturated heterocycles. The molecule has 28 heavy (non-hydrogen) atoms. The van der Waals surface area contributed by atoms with E-state index in [1.807, 2.05) is 0 Å². The average molecular weight is 391 g/mol. The summed E-state index contributed by atoms with van der Waals surface area (Å²) in [7, 11) is 0. The molecule has 0 aromatic carbocycles. The molecule has 3 aliphatic rings. The number of carbonyl (C=O) groups is 1. The van der Waals surface area contributed by atoms with Crippen LogP contribution < -0.4 is 0 Å². The van der Waals surface area contributed by atoms with Gasteiger partial charge in [-0.25, -0.2) is 0 Å². The molecule has 0 aromatic heterocycles. The highest BCUT2D eigenvalue weighted by Gasteiger charge is 2.39. The van der Waals surface area contributed by atoms with Gasteiger partial charge in [-0.1, -0.05) is 52.3 Å². The number of esters is 1. The molecule has 0 radical (unpaired) electrons. The van der Waals surface area contributed by atoms with Crippen molar-refractivity contribution in [2.75, 3.05) is 6.61 Å². The monoisotopic (exact) mass is 390 g/mol. The van der Waals surface area contributed by atoms with Crippen LogP contribution in [0.1, 0.15) is 66.2 Å². The highest BCUT2D eigenvalue weighted by Crippen LogP contribution is 2.44. The lowest BCUT2D eigenvalue weighted by atomic mass is 9.66. The smallest absolute Gasteiger partial charge is 0.308 e. The van der Waals surface area contributed by atoms with Gasteiger partial charge in [-0.15, -0.1) is 0 Å². The summed E-state index contributed by atoms with van der Waals surface area (Å²) in [5, 5.41) is 9.84. The van der Waals surface area contributed by atoms with Crippen LogP contribution in [0.15, 0.2) is 23.8 Å². The van der Waals surface area contributed by atoms with Crippen LogP contribution in [-0.4, -0.2) is 36.0 Å².